The Morgan fingerprint density at radius 1 is 1.44 bits per heavy atom. The number of imidazole rings is 1. The molecule has 0 radical (unpaired) electrons. The molecule has 5 nitrogen and oxygen atoms in total. The number of carbonyl (C=O) groups is 1. The molecular weight excluding hydrogens is 228 g/mol. The summed E-state index contributed by atoms with van der Waals surface area (Å²) < 4.78 is 1.64. The fourth-order valence-electron chi connectivity index (χ4n) is 2.11. The minimum absolute atomic E-state index is 0.183. The van der Waals surface area contributed by atoms with Crippen LogP contribution < -0.4 is 10.7 Å². The molecule has 94 valence electrons. The number of rotatable bonds is 3. The van der Waals surface area contributed by atoms with E-state index in [0.29, 0.717) is 5.92 Å². The molecule has 3 rings (SSSR count). The molecule has 2 N–H and O–H groups in total. The average Bonchev–Trinajstić information content (AvgIpc) is 3.14. The lowest BCUT2D eigenvalue weighted by molar-refractivity contribution is 0.245. The molecule has 1 unspecified atom stereocenters. The first-order valence-corrected chi connectivity index (χ1v) is 6.23. The van der Waals surface area contributed by atoms with E-state index in [0.717, 1.165) is 11.0 Å². The van der Waals surface area contributed by atoms with Crippen LogP contribution in [0.3, 0.4) is 0 Å². The summed E-state index contributed by atoms with van der Waals surface area (Å²) in [6.45, 7) is 2.04. The van der Waals surface area contributed by atoms with Crippen molar-refractivity contribution in [3.8, 4) is 0 Å². The number of para-hydroxylation sites is 2. The predicted octanol–water partition coefficient (Wildman–Crippen LogP) is 2.09. The normalized spacial score (nSPS) is 16.5. The van der Waals surface area contributed by atoms with Gasteiger partial charge in [-0.3, -0.25) is 0 Å². The maximum absolute atomic E-state index is 11.8. The second-order valence-corrected chi connectivity index (χ2v) is 4.81. The van der Waals surface area contributed by atoms with Crippen LogP contribution in [0.15, 0.2) is 30.6 Å². The van der Waals surface area contributed by atoms with Crippen LogP contribution in [0.1, 0.15) is 19.8 Å². The number of fused-ring (bicyclic) bond motifs is 1. The Labute approximate surface area is 105 Å². The van der Waals surface area contributed by atoms with Gasteiger partial charge in [0.25, 0.3) is 0 Å². The number of amides is 2. The molecule has 0 saturated heterocycles. The Bertz CT molecular complexity index is 573. The summed E-state index contributed by atoms with van der Waals surface area (Å²) in [5, 5.41) is 2.95. The molecular formula is C13H16N4O. The van der Waals surface area contributed by atoms with Gasteiger partial charge in [-0.1, -0.05) is 12.1 Å². The number of urea groups is 1. The van der Waals surface area contributed by atoms with Gasteiger partial charge < -0.3 is 5.32 Å². The number of aromatic nitrogens is 2. The third kappa shape index (κ3) is 2.16. The zero-order valence-corrected chi connectivity index (χ0v) is 10.3. The molecule has 0 spiro atoms. The van der Waals surface area contributed by atoms with Gasteiger partial charge in [-0.2, -0.15) is 0 Å². The Morgan fingerprint density at radius 3 is 3.00 bits per heavy atom. The lowest BCUT2D eigenvalue weighted by Gasteiger charge is -2.14. The molecule has 5 heteroatoms. The molecule has 1 atom stereocenters. The van der Waals surface area contributed by atoms with E-state index in [1.54, 1.807) is 11.0 Å². The Kier molecular flexibility index (Phi) is 2.66. The summed E-state index contributed by atoms with van der Waals surface area (Å²) >= 11 is 0. The smallest absolute Gasteiger partial charge is 0.334 e. The molecule has 18 heavy (non-hydrogen) atoms. The van der Waals surface area contributed by atoms with E-state index in [9.17, 15) is 4.79 Å². The van der Waals surface area contributed by atoms with Gasteiger partial charge in [0.05, 0.1) is 11.0 Å². The van der Waals surface area contributed by atoms with Crippen LogP contribution in [0.2, 0.25) is 0 Å². The van der Waals surface area contributed by atoms with Crippen LogP contribution in [0.5, 0.6) is 0 Å². The fourth-order valence-corrected chi connectivity index (χ4v) is 2.11. The van der Waals surface area contributed by atoms with Crippen molar-refractivity contribution in [1.29, 1.82) is 0 Å². The summed E-state index contributed by atoms with van der Waals surface area (Å²) in [5.41, 5.74) is 4.55. The van der Waals surface area contributed by atoms with Crippen LogP contribution in [0.4, 0.5) is 4.79 Å². The van der Waals surface area contributed by atoms with Gasteiger partial charge in [0.15, 0.2) is 0 Å². The Balaban J connectivity index is 1.69. The van der Waals surface area contributed by atoms with E-state index in [1.807, 2.05) is 31.2 Å². The van der Waals surface area contributed by atoms with Crippen molar-refractivity contribution in [2.45, 2.75) is 25.8 Å². The number of hydrogen-bond acceptors (Lipinski definition) is 2. The number of benzene rings is 1. The number of carbonyl (C=O) groups excluding carboxylic acids is 1. The first kappa shape index (κ1) is 11.1. The number of nitrogens with zero attached hydrogens (tertiary/aromatic N) is 2. The molecule has 0 aliphatic heterocycles. The highest BCUT2D eigenvalue weighted by Gasteiger charge is 2.28. The van der Waals surface area contributed by atoms with Gasteiger partial charge in [0, 0.05) is 6.04 Å². The quantitative estimate of drug-likeness (QED) is 0.868. The average molecular weight is 244 g/mol. The summed E-state index contributed by atoms with van der Waals surface area (Å²) in [7, 11) is 0. The zero-order chi connectivity index (χ0) is 12.5. The van der Waals surface area contributed by atoms with Crippen LogP contribution in [-0.4, -0.2) is 21.7 Å². The Morgan fingerprint density at radius 2 is 2.22 bits per heavy atom. The molecule has 1 saturated carbocycles. The standard InChI is InChI=1S/C13H16N4O/c1-9(10-6-7-10)15-13(18)16-17-8-14-11-4-2-3-5-12(11)17/h2-5,8-10H,6-7H2,1H3,(H2,15,16,18). The molecule has 2 amide bonds. The fraction of sp³-hybridized carbons (Fsp3) is 0.385. The summed E-state index contributed by atoms with van der Waals surface area (Å²) in [4.78, 5) is 16.0. The van der Waals surface area contributed by atoms with Crippen molar-refractivity contribution in [3.63, 3.8) is 0 Å². The highest BCUT2D eigenvalue weighted by atomic mass is 16.2. The first-order valence-electron chi connectivity index (χ1n) is 6.23. The summed E-state index contributed by atoms with van der Waals surface area (Å²) in [6, 6.07) is 7.74. The molecule has 1 fully saturated rings. The van der Waals surface area contributed by atoms with Gasteiger partial charge in [0.1, 0.15) is 6.33 Å². The molecule has 1 aliphatic rings. The largest absolute Gasteiger partial charge is 0.334 e. The Hall–Kier alpha value is -2.04. The third-order valence-corrected chi connectivity index (χ3v) is 3.36. The maximum Gasteiger partial charge on any atom is 0.334 e. The SMILES string of the molecule is CC(NC(=O)Nn1cnc2ccccc21)C1CC1. The van der Waals surface area contributed by atoms with E-state index in [1.165, 1.54) is 12.8 Å². The minimum Gasteiger partial charge on any atom is -0.334 e. The van der Waals surface area contributed by atoms with Crippen molar-refractivity contribution in [1.82, 2.24) is 15.0 Å². The van der Waals surface area contributed by atoms with Crippen LogP contribution in [-0.2, 0) is 0 Å². The van der Waals surface area contributed by atoms with Gasteiger partial charge in [0.2, 0.25) is 0 Å². The molecule has 1 aromatic carbocycles. The van der Waals surface area contributed by atoms with Gasteiger partial charge in [-0.05, 0) is 37.8 Å². The monoisotopic (exact) mass is 244 g/mol. The molecule has 1 heterocycles. The van der Waals surface area contributed by atoms with Gasteiger partial charge in [-0.25, -0.2) is 19.9 Å². The van der Waals surface area contributed by atoms with Crippen LogP contribution in [0, 0.1) is 5.92 Å². The van der Waals surface area contributed by atoms with E-state index in [2.05, 4.69) is 15.7 Å². The van der Waals surface area contributed by atoms with Crippen molar-refractivity contribution in [3.05, 3.63) is 30.6 Å². The molecule has 2 aromatic rings. The highest BCUT2D eigenvalue weighted by molar-refractivity contribution is 5.85. The number of nitrogens with one attached hydrogen (secondary N) is 2. The van der Waals surface area contributed by atoms with Crippen molar-refractivity contribution in [2.24, 2.45) is 5.92 Å². The summed E-state index contributed by atoms with van der Waals surface area (Å²) in [6.07, 6.45) is 4.05. The highest BCUT2D eigenvalue weighted by Crippen LogP contribution is 2.32. The van der Waals surface area contributed by atoms with Crippen LogP contribution in [0.25, 0.3) is 11.0 Å². The summed E-state index contributed by atoms with van der Waals surface area (Å²) in [5.74, 6) is 0.648. The second-order valence-electron chi connectivity index (χ2n) is 4.81. The van der Waals surface area contributed by atoms with Crippen LogP contribution >= 0.6 is 0 Å². The third-order valence-electron chi connectivity index (χ3n) is 3.36. The first-order chi connectivity index (χ1) is 8.74. The van der Waals surface area contributed by atoms with Crippen molar-refractivity contribution >= 4 is 17.1 Å². The second kappa shape index (κ2) is 4.33. The zero-order valence-electron chi connectivity index (χ0n) is 10.3. The molecule has 1 aliphatic carbocycles. The van der Waals surface area contributed by atoms with E-state index in [-0.39, 0.29) is 12.1 Å². The van der Waals surface area contributed by atoms with Crippen molar-refractivity contribution in [2.75, 3.05) is 5.43 Å². The van der Waals surface area contributed by atoms with Gasteiger partial charge >= 0.3 is 6.03 Å². The van der Waals surface area contributed by atoms with Gasteiger partial charge in [-0.15, -0.1) is 0 Å². The van der Waals surface area contributed by atoms with E-state index in [4.69, 9.17) is 0 Å². The van der Waals surface area contributed by atoms with E-state index < -0.39 is 0 Å². The predicted molar refractivity (Wildman–Crippen MR) is 69.8 cm³/mol. The molecule has 1 aromatic heterocycles. The minimum atomic E-state index is -0.183. The molecule has 0 bridgehead atoms. The number of hydrogen-bond donors (Lipinski definition) is 2. The van der Waals surface area contributed by atoms with E-state index >= 15 is 0 Å². The maximum atomic E-state index is 11.8. The van der Waals surface area contributed by atoms with Crippen molar-refractivity contribution < 1.29 is 4.79 Å². The topological polar surface area (TPSA) is 59.0 Å². The lowest BCUT2D eigenvalue weighted by atomic mass is 10.2. The lowest BCUT2D eigenvalue weighted by Crippen LogP contribution is -2.40.